The second-order valence-electron chi connectivity index (χ2n) is 6.04. The van der Waals surface area contributed by atoms with Gasteiger partial charge >= 0.3 is 0 Å². The monoisotopic (exact) mass is 343 g/mol. The van der Waals surface area contributed by atoms with Crippen LogP contribution in [0.15, 0.2) is 36.4 Å². The lowest BCUT2D eigenvalue weighted by molar-refractivity contribution is 0.0644. The molecule has 0 aliphatic heterocycles. The van der Waals surface area contributed by atoms with Gasteiger partial charge in [-0.2, -0.15) is 0 Å². The van der Waals surface area contributed by atoms with Gasteiger partial charge in [0.05, 0.1) is 32.6 Å². The van der Waals surface area contributed by atoms with Crippen molar-refractivity contribution in [1.29, 1.82) is 0 Å². The highest BCUT2D eigenvalue weighted by molar-refractivity contribution is 6.05. The third-order valence-electron chi connectivity index (χ3n) is 3.72. The van der Waals surface area contributed by atoms with E-state index in [9.17, 15) is 4.79 Å². The van der Waals surface area contributed by atoms with E-state index in [0.717, 1.165) is 11.1 Å². The number of methoxy groups -OCH3 is 2. The second kappa shape index (κ2) is 8.53. The lowest BCUT2D eigenvalue weighted by atomic mass is 10.1. The molecule has 1 amide bonds. The summed E-state index contributed by atoms with van der Waals surface area (Å²) in [6.45, 7) is 6.28. The van der Waals surface area contributed by atoms with Crippen LogP contribution in [0.5, 0.6) is 11.5 Å². The molecule has 0 unspecified atom stereocenters. The summed E-state index contributed by atoms with van der Waals surface area (Å²) in [5, 5.41) is 2.90. The van der Waals surface area contributed by atoms with E-state index >= 15 is 0 Å². The molecule has 0 fully saturated rings. The van der Waals surface area contributed by atoms with Gasteiger partial charge in [0, 0.05) is 11.1 Å². The summed E-state index contributed by atoms with van der Waals surface area (Å²) < 4.78 is 16.3. The van der Waals surface area contributed by atoms with Crippen LogP contribution in [0.3, 0.4) is 0 Å². The molecular formula is C20H25NO4. The van der Waals surface area contributed by atoms with Crippen molar-refractivity contribution in [3.8, 4) is 11.5 Å². The molecule has 0 heterocycles. The van der Waals surface area contributed by atoms with Crippen molar-refractivity contribution in [2.45, 2.75) is 33.5 Å². The third-order valence-corrected chi connectivity index (χ3v) is 3.72. The van der Waals surface area contributed by atoms with Gasteiger partial charge in [0.2, 0.25) is 0 Å². The van der Waals surface area contributed by atoms with Gasteiger partial charge in [0.25, 0.3) is 5.91 Å². The largest absolute Gasteiger partial charge is 0.496 e. The Kier molecular flexibility index (Phi) is 6.42. The number of aryl methyl sites for hydroxylation is 1. The van der Waals surface area contributed by atoms with Crippen molar-refractivity contribution in [2.24, 2.45) is 0 Å². The fourth-order valence-electron chi connectivity index (χ4n) is 2.40. The molecule has 0 spiro atoms. The van der Waals surface area contributed by atoms with Crippen molar-refractivity contribution in [1.82, 2.24) is 0 Å². The molecule has 0 saturated heterocycles. The first-order valence-corrected chi connectivity index (χ1v) is 8.19. The molecule has 0 radical (unpaired) electrons. The quantitative estimate of drug-likeness (QED) is 0.819. The van der Waals surface area contributed by atoms with E-state index in [2.05, 4.69) is 5.32 Å². The van der Waals surface area contributed by atoms with Gasteiger partial charge < -0.3 is 19.5 Å². The summed E-state index contributed by atoms with van der Waals surface area (Å²) >= 11 is 0. The standard InChI is InChI=1S/C20H25NO4/c1-13(2)25-12-16-11-15(7-9-18(16)23-4)20(22)21-17-10-14(3)6-8-19(17)24-5/h6-11,13H,12H2,1-5H3,(H,21,22). The summed E-state index contributed by atoms with van der Waals surface area (Å²) in [5.74, 6) is 1.11. The van der Waals surface area contributed by atoms with E-state index < -0.39 is 0 Å². The number of benzene rings is 2. The Morgan fingerprint density at radius 1 is 1.04 bits per heavy atom. The van der Waals surface area contributed by atoms with Crippen molar-refractivity contribution in [3.05, 3.63) is 53.1 Å². The van der Waals surface area contributed by atoms with Crippen LogP contribution in [0.25, 0.3) is 0 Å². The van der Waals surface area contributed by atoms with Gasteiger partial charge in [-0.25, -0.2) is 0 Å². The minimum Gasteiger partial charge on any atom is -0.496 e. The molecule has 0 aliphatic carbocycles. The van der Waals surface area contributed by atoms with Crippen molar-refractivity contribution in [2.75, 3.05) is 19.5 Å². The van der Waals surface area contributed by atoms with Gasteiger partial charge in [-0.05, 0) is 56.7 Å². The first-order chi connectivity index (χ1) is 11.9. The Hall–Kier alpha value is -2.53. The number of carbonyl (C=O) groups is 1. The van der Waals surface area contributed by atoms with Crippen LogP contribution in [0, 0.1) is 6.92 Å². The summed E-state index contributed by atoms with van der Waals surface area (Å²) in [5.41, 5.74) is 3.05. The normalized spacial score (nSPS) is 10.6. The minimum absolute atomic E-state index is 0.0961. The highest BCUT2D eigenvalue weighted by Crippen LogP contribution is 2.27. The van der Waals surface area contributed by atoms with Crippen LogP contribution in [0.4, 0.5) is 5.69 Å². The maximum absolute atomic E-state index is 12.6. The Labute approximate surface area is 148 Å². The second-order valence-corrected chi connectivity index (χ2v) is 6.04. The average Bonchev–Trinajstić information content (AvgIpc) is 2.59. The molecule has 0 aromatic heterocycles. The van der Waals surface area contributed by atoms with Gasteiger partial charge in [-0.15, -0.1) is 0 Å². The Morgan fingerprint density at radius 3 is 2.36 bits per heavy atom. The molecule has 5 heteroatoms. The van der Waals surface area contributed by atoms with E-state index in [4.69, 9.17) is 14.2 Å². The third kappa shape index (κ3) is 4.97. The highest BCUT2D eigenvalue weighted by Gasteiger charge is 2.13. The zero-order chi connectivity index (χ0) is 18.4. The Morgan fingerprint density at radius 2 is 1.72 bits per heavy atom. The number of anilines is 1. The molecular weight excluding hydrogens is 318 g/mol. The number of ether oxygens (including phenoxy) is 3. The Bertz CT molecular complexity index is 740. The predicted molar refractivity (Wildman–Crippen MR) is 98.6 cm³/mol. The predicted octanol–water partition coefficient (Wildman–Crippen LogP) is 4.19. The maximum atomic E-state index is 12.6. The molecule has 2 aromatic rings. The molecule has 0 aliphatic rings. The summed E-state index contributed by atoms with van der Waals surface area (Å²) in [6.07, 6.45) is 0.0961. The fraction of sp³-hybridized carbons (Fsp3) is 0.350. The molecule has 134 valence electrons. The average molecular weight is 343 g/mol. The van der Waals surface area contributed by atoms with E-state index in [1.165, 1.54) is 0 Å². The van der Waals surface area contributed by atoms with Crippen molar-refractivity contribution >= 4 is 11.6 Å². The van der Waals surface area contributed by atoms with Crippen LogP contribution in [-0.4, -0.2) is 26.2 Å². The fourth-order valence-corrected chi connectivity index (χ4v) is 2.40. The molecule has 25 heavy (non-hydrogen) atoms. The smallest absolute Gasteiger partial charge is 0.255 e. The molecule has 1 N–H and O–H groups in total. The molecule has 2 aromatic carbocycles. The van der Waals surface area contributed by atoms with E-state index in [1.807, 2.05) is 39.0 Å². The Balaban J connectivity index is 2.24. The number of hydrogen-bond donors (Lipinski definition) is 1. The van der Waals surface area contributed by atoms with E-state index in [-0.39, 0.29) is 12.0 Å². The topological polar surface area (TPSA) is 56.8 Å². The SMILES string of the molecule is COc1ccc(C(=O)Nc2cc(C)ccc2OC)cc1COC(C)C. The molecule has 0 bridgehead atoms. The zero-order valence-electron chi connectivity index (χ0n) is 15.4. The van der Waals surface area contributed by atoms with Crippen molar-refractivity contribution < 1.29 is 19.0 Å². The summed E-state index contributed by atoms with van der Waals surface area (Å²) in [6, 6.07) is 10.9. The minimum atomic E-state index is -0.211. The van der Waals surface area contributed by atoms with Crippen LogP contribution in [0.2, 0.25) is 0 Å². The summed E-state index contributed by atoms with van der Waals surface area (Å²) in [4.78, 5) is 12.6. The van der Waals surface area contributed by atoms with Crippen LogP contribution in [-0.2, 0) is 11.3 Å². The zero-order valence-corrected chi connectivity index (χ0v) is 15.4. The van der Waals surface area contributed by atoms with E-state index in [1.54, 1.807) is 32.4 Å². The lowest BCUT2D eigenvalue weighted by Crippen LogP contribution is -2.14. The molecule has 5 nitrogen and oxygen atoms in total. The highest BCUT2D eigenvalue weighted by atomic mass is 16.5. The van der Waals surface area contributed by atoms with Crippen LogP contribution < -0.4 is 14.8 Å². The number of amides is 1. The first kappa shape index (κ1) is 18.8. The van der Waals surface area contributed by atoms with Crippen molar-refractivity contribution in [3.63, 3.8) is 0 Å². The van der Waals surface area contributed by atoms with Gasteiger partial charge in [-0.1, -0.05) is 6.07 Å². The molecule has 0 saturated carbocycles. The molecule has 2 rings (SSSR count). The van der Waals surface area contributed by atoms with Crippen LogP contribution in [0.1, 0.15) is 35.3 Å². The van der Waals surface area contributed by atoms with Gasteiger partial charge in [0.15, 0.2) is 0 Å². The van der Waals surface area contributed by atoms with Crippen LogP contribution >= 0.6 is 0 Å². The number of hydrogen-bond acceptors (Lipinski definition) is 4. The van der Waals surface area contributed by atoms with Gasteiger partial charge in [-0.3, -0.25) is 4.79 Å². The number of carbonyl (C=O) groups excluding carboxylic acids is 1. The number of nitrogens with one attached hydrogen (secondary N) is 1. The number of rotatable bonds is 7. The first-order valence-electron chi connectivity index (χ1n) is 8.19. The maximum Gasteiger partial charge on any atom is 0.255 e. The molecule has 0 atom stereocenters. The lowest BCUT2D eigenvalue weighted by Gasteiger charge is -2.14. The van der Waals surface area contributed by atoms with Gasteiger partial charge in [0.1, 0.15) is 11.5 Å². The van der Waals surface area contributed by atoms with E-state index in [0.29, 0.717) is 29.4 Å². The summed E-state index contributed by atoms with van der Waals surface area (Å²) in [7, 11) is 3.18.